The van der Waals surface area contributed by atoms with E-state index in [0.29, 0.717) is 24.3 Å². The van der Waals surface area contributed by atoms with Crippen LogP contribution in [0.4, 0.5) is 5.69 Å². The van der Waals surface area contributed by atoms with Gasteiger partial charge in [0.15, 0.2) is 0 Å². The number of rotatable bonds is 5. The van der Waals surface area contributed by atoms with Crippen molar-refractivity contribution >= 4 is 36.4 Å². The Balaban J connectivity index is 0.00000196. The van der Waals surface area contributed by atoms with Gasteiger partial charge in [-0.05, 0) is 36.4 Å². The lowest BCUT2D eigenvalue weighted by molar-refractivity contribution is 0.0627. The minimum atomic E-state index is 0. The topological polar surface area (TPSA) is 68.0 Å². The number of hydrogen-bond acceptors (Lipinski definition) is 5. The summed E-state index contributed by atoms with van der Waals surface area (Å²) in [6.07, 6.45) is 0. The van der Waals surface area contributed by atoms with E-state index in [1.165, 1.54) is 0 Å². The van der Waals surface area contributed by atoms with Gasteiger partial charge >= 0.3 is 0 Å². The first kappa shape index (κ1) is 23.9. The minimum absolute atomic E-state index is 0. The number of halogens is 2. The molecule has 0 atom stereocenters. The molecule has 6 nitrogen and oxygen atoms in total. The lowest BCUT2D eigenvalue weighted by Gasteiger charge is -2.35. The van der Waals surface area contributed by atoms with Crippen molar-refractivity contribution in [2.45, 2.75) is 6.54 Å². The third-order valence-corrected chi connectivity index (χ3v) is 4.67. The molecule has 2 N–H and O–H groups in total. The van der Waals surface area contributed by atoms with Crippen LogP contribution in [0.5, 0.6) is 11.5 Å². The van der Waals surface area contributed by atoms with Crippen molar-refractivity contribution in [3.63, 3.8) is 0 Å². The number of nitrogen functional groups attached to an aromatic ring is 1. The number of piperazine rings is 1. The number of nitrogens with zero attached hydrogens (tertiary/aromatic N) is 2. The number of methoxy groups -OCH3 is 2. The van der Waals surface area contributed by atoms with Gasteiger partial charge in [0.25, 0.3) is 5.91 Å². The largest absolute Gasteiger partial charge is 0.497 e. The van der Waals surface area contributed by atoms with Crippen LogP contribution < -0.4 is 15.2 Å². The van der Waals surface area contributed by atoms with Crippen molar-refractivity contribution in [2.24, 2.45) is 0 Å². The molecule has 1 fully saturated rings. The Morgan fingerprint density at radius 1 is 1.00 bits per heavy atom. The molecule has 1 amide bonds. The number of carbonyl (C=O) groups is 1. The molecule has 0 radical (unpaired) electrons. The molecule has 1 aliphatic rings. The molecule has 1 saturated heterocycles. The standard InChI is InChI=1S/C20H25N3O3.2ClH/c1-25-18-6-7-19(26-2)16(13-18)14-22-8-10-23(11-9-22)20(24)15-4-3-5-17(21)12-15;;/h3-7,12-13H,8-11,14,21H2,1-2H3;2*1H. The van der Waals surface area contributed by atoms with E-state index in [9.17, 15) is 4.79 Å². The molecule has 3 rings (SSSR count). The molecule has 2 aromatic rings. The maximum absolute atomic E-state index is 12.6. The van der Waals surface area contributed by atoms with Crippen molar-refractivity contribution in [1.82, 2.24) is 9.80 Å². The summed E-state index contributed by atoms with van der Waals surface area (Å²) < 4.78 is 10.8. The van der Waals surface area contributed by atoms with Gasteiger partial charge in [0.1, 0.15) is 11.5 Å². The Hall–Kier alpha value is -2.15. The first-order valence-electron chi connectivity index (χ1n) is 8.69. The van der Waals surface area contributed by atoms with Crippen LogP contribution in [0.2, 0.25) is 0 Å². The van der Waals surface area contributed by atoms with Crippen LogP contribution in [0.1, 0.15) is 15.9 Å². The van der Waals surface area contributed by atoms with Crippen LogP contribution in [0.15, 0.2) is 42.5 Å². The Bertz CT molecular complexity index is 781. The van der Waals surface area contributed by atoms with Crippen LogP contribution in [-0.4, -0.2) is 56.1 Å². The average Bonchev–Trinajstić information content (AvgIpc) is 2.68. The maximum atomic E-state index is 12.6. The third-order valence-electron chi connectivity index (χ3n) is 4.67. The molecule has 0 bridgehead atoms. The first-order valence-corrected chi connectivity index (χ1v) is 8.69. The number of carbonyl (C=O) groups excluding carboxylic acids is 1. The van der Waals surface area contributed by atoms with Gasteiger partial charge < -0.3 is 20.1 Å². The lowest BCUT2D eigenvalue weighted by atomic mass is 10.1. The van der Waals surface area contributed by atoms with Gasteiger partial charge in [-0.1, -0.05) is 6.07 Å². The molecule has 1 heterocycles. The monoisotopic (exact) mass is 427 g/mol. The maximum Gasteiger partial charge on any atom is 0.254 e. The van der Waals surface area contributed by atoms with Crippen molar-refractivity contribution < 1.29 is 14.3 Å². The number of ether oxygens (including phenoxy) is 2. The van der Waals surface area contributed by atoms with Crippen molar-refractivity contribution in [3.8, 4) is 11.5 Å². The quantitative estimate of drug-likeness (QED) is 0.742. The van der Waals surface area contributed by atoms with E-state index >= 15 is 0 Å². The molecule has 0 spiro atoms. The summed E-state index contributed by atoms with van der Waals surface area (Å²) >= 11 is 0. The van der Waals surface area contributed by atoms with E-state index < -0.39 is 0 Å². The van der Waals surface area contributed by atoms with Crippen LogP contribution in [0, 0.1) is 0 Å². The predicted molar refractivity (Wildman–Crippen MR) is 116 cm³/mol. The second kappa shape index (κ2) is 11.0. The van der Waals surface area contributed by atoms with Crippen LogP contribution in [-0.2, 0) is 6.54 Å². The number of amides is 1. The molecule has 2 aromatic carbocycles. The highest BCUT2D eigenvalue weighted by atomic mass is 35.5. The van der Waals surface area contributed by atoms with Crippen LogP contribution in [0.3, 0.4) is 0 Å². The number of benzene rings is 2. The summed E-state index contributed by atoms with van der Waals surface area (Å²) in [5.74, 6) is 1.70. The highest BCUT2D eigenvalue weighted by Gasteiger charge is 2.23. The van der Waals surface area contributed by atoms with Crippen LogP contribution >= 0.6 is 24.8 Å². The molecular formula is C20H27Cl2N3O3. The Morgan fingerprint density at radius 3 is 2.32 bits per heavy atom. The molecule has 28 heavy (non-hydrogen) atoms. The Labute approximate surface area is 178 Å². The van der Waals surface area contributed by atoms with Gasteiger partial charge in [-0.3, -0.25) is 9.69 Å². The zero-order chi connectivity index (χ0) is 18.5. The van der Waals surface area contributed by atoms with Gasteiger partial charge in [-0.2, -0.15) is 0 Å². The summed E-state index contributed by atoms with van der Waals surface area (Å²) in [6, 6.07) is 13.0. The van der Waals surface area contributed by atoms with Crippen molar-refractivity contribution in [1.29, 1.82) is 0 Å². The van der Waals surface area contributed by atoms with Gasteiger partial charge in [0.2, 0.25) is 0 Å². The first-order chi connectivity index (χ1) is 12.6. The molecule has 0 aromatic heterocycles. The smallest absolute Gasteiger partial charge is 0.254 e. The summed E-state index contributed by atoms with van der Waals surface area (Å²) in [5.41, 5.74) is 8.13. The van der Waals surface area contributed by atoms with Crippen LogP contribution in [0.25, 0.3) is 0 Å². The van der Waals surface area contributed by atoms with E-state index in [2.05, 4.69) is 4.90 Å². The fraction of sp³-hybridized carbons (Fsp3) is 0.350. The minimum Gasteiger partial charge on any atom is -0.497 e. The molecule has 0 saturated carbocycles. The fourth-order valence-electron chi connectivity index (χ4n) is 3.21. The summed E-state index contributed by atoms with van der Waals surface area (Å²) in [5, 5.41) is 0. The number of nitrogens with two attached hydrogens (primary N) is 1. The Morgan fingerprint density at radius 2 is 1.71 bits per heavy atom. The normalized spacial score (nSPS) is 13.9. The zero-order valence-corrected chi connectivity index (χ0v) is 17.7. The van der Waals surface area contributed by atoms with E-state index in [1.807, 2.05) is 35.2 Å². The van der Waals surface area contributed by atoms with E-state index in [0.717, 1.165) is 36.7 Å². The summed E-state index contributed by atoms with van der Waals surface area (Å²) in [6.45, 7) is 3.78. The molecule has 8 heteroatoms. The third kappa shape index (κ3) is 5.67. The predicted octanol–water partition coefficient (Wildman–Crippen LogP) is 3.09. The van der Waals surface area contributed by atoms with Gasteiger partial charge in [0, 0.05) is 49.5 Å². The van der Waals surface area contributed by atoms with Gasteiger partial charge in [0.05, 0.1) is 14.2 Å². The van der Waals surface area contributed by atoms with Crippen molar-refractivity contribution in [3.05, 3.63) is 53.6 Å². The molecule has 154 valence electrons. The second-order valence-electron chi connectivity index (χ2n) is 6.37. The highest BCUT2D eigenvalue weighted by molar-refractivity contribution is 5.95. The average molecular weight is 428 g/mol. The van der Waals surface area contributed by atoms with E-state index in [1.54, 1.807) is 26.4 Å². The SMILES string of the molecule is COc1ccc(OC)c(CN2CCN(C(=O)c3cccc(N)c3)CC2)c1.Cl.Cl. The molecular weight excluding hydrogens is 401 g/mol. The molecule has 1 aliphatic heterocycles. The van der Waals surface area contributed by atoms with E-state index in [-0.39, 0.29) is 30.7 Å². The van der Waals surface area contributed by atoms with Gasteiger partial charge in [-0.25, -0.2) is 0 Å². The summed E-state index contributed by atoms with van der Waals surface area (Å²) in [4.78, 5) is 16.8. The molecule has 0 aliphatic carbocycles. The fourth-order valence-corrected chi connectivity index (χ4v) is 3.21. The molecule has 0 unspecified atom stereocenters. The van der Waals surface area contributed by atoms with Crippen molar-refractivity contribution in [2.75, 3.05) is 46.1 Å². The van der Waals surface area contributed by atoms with Gasteiger partial charge in [-0.15, -0.1) is 24.8 Å². The van der Waals surface area contributed by atoms with E-state index in [4.69, 9.17) is 15.2 Å². The summed E-state index contributed by atoms with van der Waals surface area (Å²) in [7, 11) is 3.33. The highest BCUT2D eigenvalue weighted by Crippen LogP contribution is 2.25. The zero-order valence-electron chi connectivity index (χ0n) is 16.1. The second-order valence-corrected chi connectivity index (χ2v) is 6.37. The Kier molecular flexibility index (Phi) is 9.38. The number of hydrogen-bond donors (Lipinski definition) is 1. The number of anilines is 1. The lowest BCUT2D eigenvalue weighted by Crippen LogP contribution is -2.48.